The van der Waals surface area contributed by atoms with E-state index < -0.39 is 28.5 Å². The Kier molecular flexibility index (Phi) is 7.38. The molecule has 1 aliphatic heterocycles. The lowest BCUT2D eigenvalue weighted by atomic mass is 10.2. The molecule has 1 aromatic carbocycles. The van der Waals surface area contributed by atoms with Gasteiger partial charge in [-0.05, 0) is 31.4 Å². The number of thioether (sulfide) groups is 1. The van der Waals surface area contributed by atoms with Gasteiger partial charge in [0.1, 0.15) is 11.5 Å². The molecule has 0 saturated carbocycles. The van der Waals surface area contributed by atoms with Crippen molar-refractivity contribution in [2.75, 3.05) is 12.9 Å². The largest absolute Gasteiger partial charge is 0.466 e. The van der Waals surface area contributed by atoms with Gasteiger partial charge >= 0.3 is 11.7 Å². The summed E-state index contributed by atoms with van der Waals surface area (Å²) < 4.78 is 11.1. The molecule has 2 N–H and O–H groups in total. The number of esters is 1. The van der Waals surface area contributed by atoms with Gasteiger partial charge in [-0.1, -0.05) is 15.9 Å². The number of halogens is 1. The van der Waals surface area contributed by atoms with Crippen molar-refractivity contribution in [1.29, 1.82) is 5.26 Å². The second kappa shape index (κ2) is 9.54. The van der Waals surface area contributed by atoms with Crippen LogP contribution >= 0.6 is 27.7 Å². The molecule has 28 heavy (non-hydrogen) atoms. The summed E-state index contributed by atoms with van der Waals surface area (Å²) in [5, 5.41) is 21.8. The Hall–Kier alpha value is -2.62. The van der Waals surface area contributed by atoms with Gasteiger partial charge in [-0.3, -0.25) is 14.9 Å². The summed E-state index contributed by atoms with van der Waals surface area (Å²) >= 11 is 4.45. The SMILES string of the molecule is CCOC(=O)CC1=NC(SC)N(N)C(Oc2cc(Br)cc(C#N)c2)=C1[N+](=O)[O-]. The van der Waals surface area contributed by atoms with Gasteiger partial charge in [-0.25, -0.2) is 15.8 Å². The number of carbonyl (C=O) groups is 1. The Morgan fingerprint density at radius 1 is 1.54 bits per heavy atom. The third kappa shape index (κ3) is 5.00. The van der Waals surface area contributed by atoms with Gasteiger partial charge in [0.2, 0.25) is 0 Å². The molecule has 2 rings (SSSR count). The lowest BCUT2D eigenvalue weighted by Crippen LogP contribution is -2.45. The van der Waals surface area contributed by atoms with E-state index in [1.165, 1.54) is 23.9 Å². The van der Waals surface area contributed by atoms with E-state index in [1.807, 2.05) is 6.07 Å². The monoisotopic (exact) mass is 469 g/mol. The van der Waals surface area contributed by atoms with E-state index in [9.17, 15) is 14.9 Å². The number of nitrogens with zero attached hydrogens (tertiary/aromatic N) is 4. The van der Waals surface area contributed by atoms with Crippen LogP contribution in [0.2, 0.25) is 0 Å². The Balaban J connectivity index is 2.52. The van der Waals surface area contributed by atoms with E-state index in [2.05, 4.69) is 20.9 Å². The molecule has 0 aliphatic carbocycles. The Labute approximate surface area is 173 Å². The Morgan fingerprint density at radius 3 is 2.82 bits per heavy atom. The first-order valence-electron chi connectivity index (χ1n) is 7.87. The maximum absolute atomic E-state index is 11.9. The maximum atomic E-state index is 11.9. The summed E-state index contributed by atoms with van der Waals surface area (Å²) in [6.45, 7) is 1.77. The highest BCUT2D eigenvalue weighted by Gasteiger charge is 2.39. The number of aliphatic imine (C=N–C) groups is 1. The number of nitro groups is 1. The van der Waals surface area contributed by atoms with Crippen molar-refractivity contribution in [1.82, 2.24) is 5.01 Å². The van der Waals surface area contributed by atoms with Crippen molar-refractivity contribution in [3.8, 4) is 11.8 Å². The third-order valence-corrected chi connectivity index (χ3v) is 4.65. The molecule has 0 aromatic heterocycles. The van der Waals surface area contributed by atoms with Crippen molar-refractivity contribution in [2.24, 2.45) is 10.8 Å². The maximum Gasteiger partial charge on any atom is 0.352 e. The fraction of sp³-hybridized carbons (Fsp3) is 0.312. The molecule has 1 unspecified atom stereocenters. The summed E-state index contributed by atoms with van der Waals surface area (Å²) in [4.78, 5) is 27.1. The Morgan fingerprint density at radius 2 is 2.25 bits per heavy atom. The summed E-state index contributed by atoms with van der Waals surface area (Å²) in [5.74, 6) is 5.21. The molecule has 0 amide bonds. The van der Waals surface area contributed by atoms with Gasteiger partial charge in [0.25, 0.3) is 5.88 Å². The minimum Gasteiger partial charge on any atom is -0.466 e. The molecule has 0 radical (unpaired) electrons. The van der Waals surface area contributed by atoms with E-state index in [1.54, 1.807) is 19.2 Å². The number of allylic oxidation sites excluding steroid dienone is 1. The standard InChI is InChI=1S/C16H16BrN5O5S/c1-3-26-13(23)7-12-14(22(24)25)15(21(19)16(20-12)28-2)27-11-5-9(8-18)4-10(17)6-11/h4-6,16H,3,7,19H2,1-2H3. The molecular weight excluding hydrogens is 454 g/mol. The van der Waals surface area contributed by atoms with Crippen LogP contribution in [0.15, 0.2) is 39.2 Å². The first-order valence-corrected chi connectivity index (χ1v) is 9.95. The van der Waals surface area contributed by atoms with Gasteiger partial charge in [-0.2, -0.15) is 5.26 Å². The zero-order valence-corrected chi connectivity index (χ0v) is 17.3. The minimum atomic E-state index is -0.745. The first-order chi connectivity index (χ1) is 13.3. The summed E-state index contributed by atoms with van der Waals surface area (Å²) in [7, 11) is 0. The quantitative estimate of drug-likeness (QED) is 0.275. The van der Waals surface area contributed by atoms with Crippen LogP contribution in [-0.4, -0.2) is 40.0 Å². The molecule has 1 heterocycles. The molecule has 0 fully saturated rings. The number of hydrogen-bond acceptors (Lipinski definition) is 10. The molecule has 148 valence electrons. The van der Waals surface area contributed by atoms with Crippen LogP contribution in [0.4, 0.5) is 0 Å². The highest BCUT2D eigenvalue weighted by molar-refractivity contribution is 9.10. The number of hydrogen-bond donors (Lipinski definition) is 1. The van der Waals surface area contributed by atoms with Crippen LogP contribution < -0.4 is 10.6 Å². The highest BCUT2D eigenvalue weighted by Crippen LogP contribution is 2.30. The second-order valence-corrected chi connectivity index (χ2v) is 7.14. The van der Waals surface area contributed by atoms with Crippen LogP contribution in [0.3, 0.4) is 0 Å². The van der Waals surface area contributed by atoms with Crippen LogP contribution in [-0.2, 0) is 9.53 Å². The van der Waals surface area contributed by atoms with Crippen LogP contribution in [0.1, 0.15) is 18.9 Å². The average molecular weight is 470 g/mol. The van der Waals surface area contributed by atoms with Crippen LogP contribution in [0.25, 0.3) is 0 Å². The van der Waals surface area contributed by atoms with Crippen LogP contribution in [0.5, 0.6) is 5.75 Å². The van der Waals surface area contributed by atoms with E-state index in [4.69, 9.17) is 20.6 Å². The van der Waals surface area contributed by atoms with E-state index in [0.29, 0.717) is 4.47 Å². The molecule has 12 heteroatoms. The summed E-state index contributed by atoms with van der Waals surface area (Å²) in [6, 6.07) is 6.47. The average Bonchev–Trinajstić information content (AvgIpc) is 2.63. The van der Waals surface area contributed by atoms with E-state index in [-0.39, 0.29) is 29.5 Å². The van der Waals surface area contributed by atoms with Crippen molar-refractivity contribution in [2.45, 2.75) is 18.8 Å². The number of hydrazine groups is 1. The van der Waals surface area contributed by atoms with E-state index >= 15 is 0 Å². The fourth-order valence-electron chi connectivity index (χ4n) is 2.33. The summed E-state index contributed by atoms with van der Waals surface area (Å²) in [6.07, 6.45) is 1.31. The Bertz CT molecular complexity index is 898. The number of nitrogens with two attached hydrogens (primary N) is 1. The van der Waals surface area contributed by atoms with Gasteiger partial charge in [0, 0.05) is 4.47 Å². The zero-order chi connectivity index (χ0) is 20.8. The number of rotatable bonds is 7. The second-order valence-electron chi connectivity index (χ2n) is 5.33. The number of nitriles is 1. The van der Waals surface area contributed by atoms with Gasteiger partial charge in [0.05, 0.1) is 29.6 Å². The number of ether oxygens (including phenoxy) is 2. The molecule has 10 nitrogen and oxygen atoms in total. The highest BCUT2D eigenvalue weighted by atomic mass is 79.9. The lowest BCUT2D eigenvalue weighted by molar-refractivity contribution is -0.419. The minimum absolute atomic E-state index is 0.102. The molecule has 1 atom stereocenters. The third-order valence-electron chi connectivity index (χ3n) is 3.44. The fourth-order valence-corrected chi connectivity index (χ4v) is 3.36. The van der Waals surface area contributed by atoms with Gasteiger partial charge in [-0.15, -0.1) is 11.8 Å². The molecule has 0 bridgehead atoms. The van der Waals surface area contributed by atoms with Crippen molar-refractivity contribution in [3.05, 3.63) is 49.9 Å². The molecular formula is C16H16BrN5O5S. The van der Waals surface area contributed by atoms with Crippen molar-refractivity contribution in [3.63, 3.8) is 0 Å². The molecule has 1 aliphatic rings. The topological polar surface area (TPSA) is 144 Å². The first kappa shape index (κ1) is 21.7. The smallest absolute Gasteiger partial charge is 0.352 e. The molecule has 0 spiro atoms. The number of benzene rings is 1. The lowest BCUT2D eigenvalue weighted by Gasteiger charge is -2.30. The normalized spacial score (nSPS) is 16.3. The molecule has 0 saturated heterocycles. The van der Waals surface area contributed by atoms with Crippen LogP contribution in [0, 0.1) is 21.4 Å². The van der Waals surface area contributed by atoms with Crippen molar-refractivity contribution >= 4 is 39.4 Å². The zero-order valence-electron chi connectivity index (χ0n) is 14.9. The summed E-state index contributed by atoms with van der Waals surface area (Å²) in [5.41, 5.74) is -1.10. The van der Waals surface area contributed by atoms with Gasteiger partial charge < -0.3 is 9.47 Å². The van der Waals surface area contributed by atoms with E-state index in [0.717, 1.165) is 5.01 Å². The predicted molar refractivity (Wildman–Crippen MR) is 106 cm³/mol. The molecule has 1 aromatic rings. The van der Waals surface area contributed by atoms with Gasteiger partial charge in [0.15, 0.2) is 5.50 Å². The van der Waals surface area contributed by atoms with Crippen molar-refractivity contribution < 1.29 is 19.2 Å². The predicted octanol–water partition coefficient (Wildman–Crippen LogP) is 2.38. The number of carbonyl (C=O) groups excluding carboxylic acids is 1.